The van der Waals surface area contributed by atoms with Gasteiger partial charge >= 0.3 is 11.8 Å². The molecule has 2 amide bonds. The van der Waals surface area contributed by atoms with E-state index in [1.54, 1.807) is 0 Å². The lowest BCUT2D eigenvalue weighted by Crippen LogP contribution is -2.47. The van der Waals surface area contributed by atoms with Gasteiger partial charge in [-0.25, -0.2) is 4.39 Å². The van der Waals surface area contributed by atoms with Gasteiger partial charge in [0.15, 0.2) is 0 Å². The Morgan fingerprint density at radius 2 is 1.57 bits per heavy atom. The number of amides is 2. The van der Waals surface area contributed by atoms with Crippen LogP contribution in [-0.4, -0.2) is 56.0 Å². The van der Waals surface area contributed by atoms with Gasteiger partial charge in [0.05, 0.1) is 0 Å². The Hall–Kier alpha value is -2.93. The molecule has 1 aliphatic heterocycles. The summed E-state index contributed by atoms with van der Waals surface area (Å²) in [4.78, 5) is 28.8. The van der Waals surface area contributed by atoms with Crippen LogP contribution < -0.4 is 15.5 Å². The highest BCUT2D eigenvalue weighted by atomic mass is 19.1. The molecule has 7 heteroatoms. The topological polar surface area (TPSA) is 64.7 Å². The lowest BCUT2D eigenvalue weighted by molar-refractivity contribution is -0.136. The molecule has 2 aromatic carbocycles. The van der Waals surface area contributed by atoms with Crippen molar-refractivity contribution in [3.8, 4) is 0 Å². The lowest BCUT2D eigenvalue weighted by atomic mass is 10.1. The highest BCUT2D eigenvalue weighted by molar-refractivity contribution is 6.39. The number of rotatable bonds is 6. The number of aryl methyl sites for hydroxylation is 2. The minimum Gasteiger partial charge on any atom is -0.369 e. The molecule has 2 aromatic rings. The molecule has 0 aliphatic carbocycles. The average Bonchev–Trinajstić information content (AvgIpc) is 2.74. The van der Waals surface area contributed by atoms with Crippen molar-refractivity contribution < 1.29 is 14.0 Å². The van der Waals surface area contributed by atoms with Crippen LogP contribution in [0, 0.1) is 19.7 Å². The van der Waals surface area contributed by atoms with Gasteiger partial charge in [0.2, 0.25) is 0 Å². The largest absolute Gasteiger partial charge is 0.369 e. The van der Waals surface area contributed by atoms with Gasteiger partial charge < -0.3 is 15.5 Å². The summed E-state index contributed by atoms with van der Waals surface area (Å²) < 4.78 is 13.1. The van der Waals surface area contributed by atoms with E-state index in [1.807, 2.05) is 44.2 Å². The van der Waals surface area contributed by atoms with Crippen LogP contribution in [0.1, 0.15) is 17.5 Å². The van der Waals surface area contributed by atoms with Crippen molar-refractivity contribution in [2.45, 2.75) is 20.3 Å². The highest BCUT2D eigenvalue weighted by Crippen LogP contribution is 2.19. The van der Waals surface area contributed by atoms with Crippen molar-refractivity contribution in [3.63, 3.8) is 0 Å². The van der Waals surface area contributed by atoms with Gasteiger partial charge in [0.1, 0.15) is 5.82 Å². The molecule has 0 aromatic heterocycles. The van der Waals surface area contributed by atoms with E-state index in [0.29, 0.717) is 12.2 Å². The van der Waals surface area contributed by atoms with Crippen LogP contribution >= 0.6 is 0 Å². The summed E-state index contributed by atoms with van der Waals surface area (Å²) in [6, 6.07) is 12.3. The molecule has 0 spiro atoms. The number of nitrogens with one attached hydrogen (secondary N) is 2. The second kappa shape index (κ2) is 10.2. The summed E-state index contributed by atoms with van der Waals surface area (Å²) >= 11 is 0. The Bertz CT molecular complexity index is 857. The SMILES string of the molecule is Cc1cccc(C)c1NC(=O)C(=O)NCCCN1CCN(c2ccc(F)cc2)CC1. The minimum atomic E-state index is -0.639. The van der Waals surface area contributed by atoms with E-state index in [0.717, 1.165) is 56.0 Å². The van der Waals surface area contributed by atoms with Gasteiger partial charge in [-0.05, 0) is 62.2 Å². The van der Waals surface area contributed by atoms with Crippen LogP contribution in [0.3, 0.4) is 0 Å². The number of halogens is 1. The number of hydrogen-bond acceptors (Lipinski definition) is 4. The number of benzene rings is 2. The Morgan fingerprint density at radius 3 is 2.20 bits per heavy atom. The van der Waals surface area contributed by atoms with E-state index in [1.165, 1.54) is 12.1 Å². The van der Waals surface area contributed by atoms with Gasteiger partial charge in [-0.3, -0.25) is 14.5 Å². The van der Waals surface area contributed by atoms with Crippen LogP contribution in [0.4, 0.5) is 15.8 Å². The number of nitrogens with zero attached hydrogens (tertiary/aromatic N) is 2. The van der Waals surface area contributed by atoms with E-state index in [9.17, 15) is 14.0 Å². The first-order valence-corrected chi connectivity index (χ1v) is 10.3. The van der Waals surface area contributed by atoms with E-state index < -0.39 is 11.8 Å². The van der Waals surface area contributed by atoms with Crippen molar-refractivity contribution in [2.75, 3.05) is 49.5 Å². The third-order valence-corrected chi connectivity index (χ3v) is 5.43. The zero-order valence-corrected chi connectivity index (χ0v) is 17.6. The fraction of sp³-hybridized carbons (Fsp3) is 0.391. The van der Waals surface area contributed by atoms with E-state index in [4.69, 9.17) is 0 Å². The number of anilines is 2. The number of piperazine rings is 1. The normalized spacial score (nSPS) is 14.4. The second-order valence-electron chi connectivity index (χ2n) is 7.64. The number of hydrogen-bond donors (Lipinski definition) is 2. The molecular weight excluding hydrogens is 383 g/mol. The maximum Gasteiger partial charge on any atom is 0.313 e. The highest BCUT2D eigenvalue weighted by Gasteiger charge is 2.18. The van der Waals surface area contributed by atoms with Crippen molar-refractivity contribution in [3.05, 3.63) is 59.4 Å². The second-order valence-corrected chi connectivity index (χ2v) is 7.64. The van der Waals surface area contributed by atoms with Crippen molar-refractivity contribution in [1.29, 1.82) is 0 Å². The zero-order valence-electron chi connectivity index (χ0n) is 17.6. The van der Waals surface area contributed by atoms with E-state index >= 15 is 0 Å². The summed E-state index contributed by atoms with van der Waals surface area (Å²) in [5.41, 5.74) is 3.58. The first kappa shape index (κ1) is 21.8. The Balaban J connectivity index is 1.34. The van der Waals surface area contributed by atoms with E-state index in [2.05, 4.69) is 20.4 Å². The molecule has 1 heterocycles. The van der Waals surface area contributed by atoms with Crippen LogP contribution in [0.15, 0.2) is 42.5 Å². The maximum atomic E-state index is 13.1. The van der Waals surface area contributed by atoms with Crippen molar-refractivity contribution in [1.82, 2.24) is 10.2 Å². The quantitative estimate of drug-likeness (QED) is 0.566. The van der Waals surface area contributed by atoms with Crippen LogP contribution in [0.25, 0.3) is 0 Å². The molecule has 0 saturated carbocycles. The zero-order chi connectivity index (χ0) is 21.5. The monoisotopic (exact) mass is 412 g/mol. The predicted molar refractivity (Wildman–Crippen MR) is 117 cm³/mol. The molecule has 3 rings (SSSR count). The van der Waals surface area contributed by atoms with Gasteiger partial charge in [-0.1, -0.05) is 18.2 Å². The molecule has 1 fully saturated rings. The molecule has 160 valence electrons. The third kappa shape index (κ3) is 5.79. The molecule has 0 radical (unpaired) electrons. The molecular formula is C23H29FN4O2. The van der Waals surface area contributed by atoms with Gasteiger partial charge in [-0.2, -0.15) is 0 Å². The summed E-state index contributed by atoms with van der Waals surface area (Å²) in [6.45, 7) is 8.71. The molecule has 30 heavy (non-hydrogen) atoms. The minimum absolute atomic E-state index is 0.220. The molecule has 0 atom stereocenters. The predicted octanol–water partition coefficient (Wildman–Crippen LogP) is 2.71. The third-order valence-electron chi connectivity index (χ3n) is 5.43. The van der Waals surface area contributed by atoms with Crippen LogP contribution in [0.5, 0.6) is 0 Å². The molecule has 0 bridgehead atoms. The van der Waals surface area contributed by atoms with Crippen molar-refractivity contribution in [2.24, 2.45) is 0 Å². The number of para-hydroxylation sites is 1. The first-order valence-electron chi connectivity index (χ1n) is 10.3. The Morgan fingerprint density at radius 1 is 0.933 bits per heavy atom. The maximum absolute atomic E-state index is 13.1. The Labute approximate surface area is 177 Å². The van der Waals surface area contributed by atoms with Gasteiger partial charge in [-0.15, -0.1) is 0 Å². The Kier molecular flexibility index (Phi) is 7.41. The van der Waals surface area contributed by atoms with E-state index in [-0.39, 0.29) is 5.82 Å². The fourth-order valence-corrected chi connectivity index (χ4v) is 3.65. The molecule has 0 unspecified atom stereocenters. The standard InChI is InChI=1S/C23H29FN4O2/c1-17-5-3-6-18(2)21(17)26-23(30)22(29)25-11-4-12-27-13-15-28(16-14-27)20-9-7-19(24)8-10-20/h3,5-10H,4,11-16H2,1-2H3,(H,25,29)(H,26,30). The molecule has 2 N–H and O–H groups in total. The first-order chi connectivity index (χ1) is 14.4. The van der Waals surface area contributed by atoms with Crippen LogP contribution in [-0.2, 0) is 9.59 Å². The summed E-state index contributed by atoms with van der Waals surface area (Å²) in [5.74, 6) is -1.47. The summed E-state index contributed by atoms with van der Waals surface area (Å²) in [5, 5.41) is 5.40. The van der Waals surface area contributed by atoms with Crippen molar-refractivity contribution >= 4 is 23.2 Å². The molecule has 1 aliphatic rings. The number of carbonyl (C=O) groups excluding carboxylic acids is 2. The average molecular weight is 413 g/mol. The van der Waals surface area contributed by atoms with Gasteiger partial charge in [0, 0.05) is 44.1 Å². The summed E-state index contributed by atoms with van der Waals surface area (Å²) in [7, 11) is 0. The summed E-state index contributed by atoms with van der Waals surface area (Å²) in [6.07, 6.45) is 0.777. The van der Waals surface area contributed by atoms with Gasteiger partial charge in [0.25, 0.3) is 0 Å². The molecule has 6 nitrogen and oxygen atoms in total. The lowest BCUT2D eigenvalue weighted by Gasteiger charge is -2.36. The fourth-order valence-electron chi connectivity index (χ4n) is 3.65. The van der Waals surface area contributed by atoms with Crippen LogP contribution in [0.2, 0.25) is 0 Å². The smallest absolute Gasteiger partial charge is 0.313 e. The molecule has 1 saturated heterocycles. The number of carbonyl (C=O) groups is 2.